The molecule has 5 aromatic carbocycles. The normalized spacial score (nSPS) is 11.2. The first-order valence-electron chi connectivity index (χ1n) is 9.80. The Bertz CT molecular complexity index is 1320. The van der Waals surface area contributed by atoms with Crippen LogP contribution in [0.25, 0.3) is 43.8 Å². The Kier molecular flexibility index (Phi) is 3.98. The molecule has 0 aliphatic carbocycles. The number of aryl methyl sites for hydroxylation is 2. The monoisotopic (exact) mass is 358 g/mol. The Balaban J connectivity index is 1.82. The third-order valence-corrected chi connectivity index (χ3v) is 5.69. The van der Waals surface area contributed by atoms with Gasteiger partial charge in [0.25, 0.3) is 0 Å². The highest BCUT2D eigenvalue weighted by molar-refractivity contribution is 6.10. The Morgan fingerprint density at radius 2 is 0.964 bits per heavy atom. The number of benzene rings is 5. The number of rotatable bonds is 2. The lowest BCUT2D eigenvalue weighted by Gasteiger charge is -2.15. The van der Waals surface area contributed by atoms with Crippen molar-refractivity contribution in [2.24, 2.45) is 0 Å². The van der Waals surface area contributed by atoms with Gasteiger partial charge in [-0.3, -0.25) is 0 Å². The summed E-state index contributed by atoms with van der Waals surface area (Å²) in [6, 6.07) is 35.3. The Morgan fingerprint density at radius 3 is 1.64 bits per heavy atom. The van der Waals surface area contributed by atoms with Crippen LogP contribution < -0.4 is 0 Å². The maximum Gasteiger partial charge on any atom is -0.00987 e. The third-order valence-electron chi connectivity index (χ3n) is 5.69. The van der Waals surface area contributed by atoms with Crippen molar-refractivity contribution in [2.45, 2.75) is 13.8 Å². The molecule has 0 aliphatic heterocycles. The summed E-state index contributed by atoms with van der Waals surface area (Å²) >= 11 is 0. The van der Waals surface area contributed by atoms with Crippen LogP contribution in [0.3, 0.4) is 0 Å². The zero-order valence-electron chi connectivity index (χ0n) is 16.2. The smallest absolute Gasteiger partial charge is 0.00987 e. The van der Waals surface area contributed by atoms with Crippen molar-refractivity contribution in [3.63, 3.8) is 0 Å². The average Bonchev–Trinajstić information content (AvgIpc) is 2.74. The minimum atomic E-state index is 1.27. The first-order valence-corrected chi connectivity index (χ1v) is 9.80. The van der Waals surface area contributed by atoms with E-state index in [0.717, 1.165) is 0 Å². The Hall–Kier alpha value is -3.38. The number of fused-ring (bicyclic) bond motifs is 2. The van der Waals surface area contributed by atoms with Crippen LogP contribution in [0, 0.1) is 13.8 Å². The van der Waals surface area contributed by atoms with Gasteiger partial charge in [-0.15, -0.1) is 0 Å². The molecule has 134 valence electrons. The van der Waals surface area contributed by atoms with Gasteiger partial charge in [0, 0.05) is 0 Å². The summed E-state index contributed by atoms with van der Waals surface area (Å²) < 4.78 is 0. The molecule has 0 aromatic heterocycles. The van der Waals surface area contributed by atoms with E-state index < -0.39 is 0 Å². The van der Waals surface area contributed by atoms with E-state index in [9.17, 15) is 0 Å². The quantitative estimate of drug-likeness (QED) is 0.300. The van der Waals surface area contributed by atoms with Crippen molar-refractivity contribution in [1.82, 2.24) is 0 Å². The van der Waals surface area contributed by atoms with Gasteiger partial charge in [0.1, 0.15) is 0 Å². The van der Waals surface area contributed by atoms with Crippen molar-refractivity contribution in [3.05, 3.63) is 108 Å². The molecule has 5 rings (SSSR count). The second kappa shape index (κ2) is 6.65. The summed E-state index contributed by atoms with van der Waals surface area (Å²) in [5.41, 5.74) is 7.77. The van der Waals surface area contributed by atoms with Crippen LogP contribution in [0.4, 0.5) is 0 Å². The number of hydrogen-bond acceptors (Lipinski definition) is 0. The van der Waals surface area contributed by atoms with Crippen molar-refractivity contribution in [2.75, 3.05) is 0 Å². The minimum Gasteiger partial charge on any atom is -0.0616 e. The molecule has 0 heterocycles. The van der Waals surface area contributed by atoms with E-state index in [1.807, 2.05) is 0 Å². The molecule has 0 spiro atoms. The molecule has 0 bridgehead atoms. The van der Waals surface area contributed by atoms with Crippen LogP contribution in [-0.2, 0) is 0 Å². The molecule has 0 aliphatic rings. The fraction of sp³-hybridized carbons (Fsp3) is 0.0714. The van der Waals surface area contributed by atoms with Gasteiger partial charge in [0.15, 0.2) is 0 Å². The van der Waals surface area contributed by atoms with Gasteiger partial charge in [-0.2, -0.15) is 0 Å². The highest BCUT2D eigenvalue weighted by Gasteiger charge is 2.12. The highest BCUT2D eigenvalue weighted by Crippen LogP contribution is 2.38. The van der Waals surface area contributed by atoms with Crippen molar-refractivity contribution in [3.8, 4) is 22.3 Å². The summed E-state index contributed by atoms with van der Waals surface area (Å²) in [5, 5.41) is 5.24. The van der Waals surface area contributed by atoms with E-state index in [1.165, 1.54) is 54.9 Å². The van der Waals surface area contributed by atoms with Gasteiger partial charge in [0.2, 0.25) is 0 Å². The second-order valence-corrected chi connectivity index (χ2v) is 7.55. The summed E-state index contributed by atoms with van der Waals surface area (Å²) in [6.07, 6.45) is 0. The van der Waals surface area contributed by atoms with Gasteiger partial charge in [-0.05, 0) is 63.2 Å². The van der Waals surface area contributed by atoms with Crippen LogP contribution >= 0.6 is 0 Å². The van der Waals surface area contributed by atoms with Gasteiger partial charge in [-0.25, -0.2) is 0 Å². The topological polar surface area (TPSA) is 0 Å². The lowest BCUT2D eigenvalue weighted by atomic mass is 9.89. The fourth-order valence-electron chi connectivity index (χ4n) is 4.28. The SMILES string of the molecule is Cc1cccc(-c2ccc(-c3ccc(C)c4ccccc34)c3ccccc23)c1. The maximum absolute atomic E-state index is 2.29. The first kappa shape index (κ1) is 16.8. The lowest BCUT2D eigenvalue weighted by Crippen LogP contribution is -1.89. The first-order chi connectivity index (χ1) is 13.7. The number of hydrogen-bond donors (Lipinski definition) is 0. The van der Waals surface area contributed by atoms with E-state index in [2.05, 4.69) is 111 Å². The highest BCUT2D eigenvalue weighted by atomic mass is 14.2. The average molecular weight is 358 g/mol. The fourth-order valence-corrected chi connectivity index (χ4v) is 4.28. The standard InChI is InChI=1S/C28H22/c1-19-8-7-9-21(18-19)23-16-17-28(26-13-6-5-12-25(23)26)27-15-14-20(2)22-10-3-4-11-24(22)27/h3-18H,1-2H3. The minimum absolute atomic E-state index is 1.27. The van der Waals surface area contributed by atoms with Crippen LogP contribution in [-0.4, -0.2) is 0 Å². The molecule has 0 saturated carbocycles. The van der Waals surface area contributed by atoms with Crippen molar-refractivity contribution >= 4 is 21.5 Å². The van der Waals surface area contributed by atoms with Crippen LogP contribution in [0.15, 0.2) is 97.1 Å². The molecular formula is C28H22. The zero-order valence-corrected chi connectivity index (χ0v) is 16.2. The van der Waals surface area contributed by atoms with E-state index in [0.29, 0.717) is 0 Å². The summed E-state index contributed by atoms with van der Waals surface area (Å²) in [6.45, 7) is 4.34. The van der Waals surface area contributed by atoms with Crippen molar-refractivity contribution < 1.29 is 0 Å². The van der Waals surface area contributed by atoms with Gasteiger partial charge < -0.3 is 0 Å². The van der Waals surface area contributed by atoms with E-state index in [-0.39, 0.29) is 0 Å². The van der Waals surface area contributed by atoms with Crippen molar-refractivity contribution in [1.29, 1.82) is 0 Å². The Labute approximate surface area is 166 Å². The lowest BCUT2D eigenvalue weighted by molar-refractivity contribution is 1.47. The third kappa shape index (κ3) is 2.70. The molecule has 0 N–H and O–H groups in total. The summed E-state index contributed by atoms with van der Waals surface area (Å²) in [7, 11) is 0. The summed E-state index contributed by atoms with van der Waals surface area (Å²) in [5.74, 6) is 0. The maximum atomic E-state index is 2.29. The molecule has 0 unspecified atom stereocenters. The molecule has 0 heteroatoms. The predicted molar refractivity (Wildman–Crippen MR) is 122 cm³/mol. The van der Waals surface area contributed by atoms with E-state index in [4.69, 9.17) is 0 Å². The molecule has 0 saturated heterocycles. The molecule has 0 radical (unpaired) electrons. The van der Waals surface area contributed by atoms with Crippen LogP contribution in [0.5, 0.6) is 0 Å². The zero-order chi connectivity index (χ0) is 19.1. The van der Waals surface area contributed by atoms with Crippen LogP contribution in [0.1, 0.15) is 11.1 Å². The molecule has 0 fully saturated rings. The predicted octanol–water partition coefficient (Wildman–Crippen LogP) is 7.94. The summed E-state index contributed by atoms with van der Waals surface area (Å²) in [4.78, 5) is 0. The van der Waals surface area contributed by atoms with Crippen LogP contribution in [0.2, 0.25) is 0 Å². The van der Waals surface area contributed by atoms with Gasteiger partial charge >= 0.3 is 0 Å². The van der Waals surface area contributed by atoms with E-state index >= 15 is 0 Å². The Morgan fingerprint density at radius 1 is 0.429 bits per heavy atom. The van der Waals surface area contributed by atoms with Gasteiger partial charge in [0.05, 0.1) is 0 Å². The molecule has 0 atom stereocenters. The molecular weight excluding hydrogens is 336 g/mol. The molecule has 5 aromatic rings. The van der Waals surface area contributed by atoms with E-state index in [1.54, 1.807) is 0 Å². The molecule has 28 heavy (non-hydrogen) atoms. The largest absolute Gasteiger partial charge is 0.0616 e. The second-order valence-electron chi connectivity index (χ2n) is 7.55. The molecule has 0 amide bonds. The van der Waals surface area contributed by atoms with Gasteiger partial charge in [-0.1, -0.05) is 103 Å². The molecule has 0 nitrogen and oxygen atoms in total.